The fraction of sp³-hybridized carbons (Fsp3) is 0.143. The highest BCUT2D eigenvalue weighted by molar-refractivity contribution is 6.02. The number of nitrogens with zero attached hydrogens (tertiary/aromatic N) is 3. The summed E-state index contributed by atoms with van der Waals surface area (Å²) in [5, 5.41) is 8.83. The number of alkyl carbamates (subject to hydrolysis) is 2. The van der Waals surface area contributed by atoms with Crippen LogP contribution in [0, 0.1) is 0 Å². The van der Waals surface area contributed by atoms with E-state index in [0.29, 0.717) is 5.69 Å². The van der Waals surface area contributed by atoms with Crippen LogP contribution in [0.15, 0.2) is 78.0 Å². The third-order valence-electron chi connectivity index (χ3n) is 3.80. The van der Waals surface area contributed by atoms with Crippen molar-refractivity contribution in [3.63, 3.8) is 0 Å². The molecule has 2 N–H and O–H groups in total. The molecule has 30 heavy (non-hydrogen) atoms. The van der Waals surface area contributed by atoms with Crippen LogP contribution in [0.3, 0.4) is 0 Å². The van der Waals surface area contributed by atoms with Crippen LogP contribution in [0.1, 0.15) is 11.1 Å². The molecule has 0 unspecified atom stereocenters. The van der Waals surface area contributed by atoms with Gasteiger partial charge in [0.05, 0.1) is 12.4 Å². The smallest absolute Gasteiger partial charge is 0.414 e. The summed E-state index contributed by atoms with van der Waals surface area (Å²) in [4.78, 5) is 28.5. The normalized spacial score (nSPS) is 10.0. The Bertz CT molecular complexity index is 943. The first kappa shape index (κ1) is 20.6. The number of aryl methyl sites for hydroxylation is 1. The van der Waals surface area contributed by atoms with Gasteiger partial charge in [-0.1, -0.05) is 60.7 Å². The lowest BCUT2D eigenvalue weighted by Crippen LogP contribution is -2.44. The van der Waals surface area contributed by atoms with Gasteiger partial charge in [0.2, 0.25) is 5.96 Å². The topological polar surface area (TPSA) is 107 Å². The Hall–Kier alpha value is -4.14. The van der Waals surface area contributed by atoms with Gasteiger partial charge in [-0.15, -0.1) is 0 Å². The molecule has 2 amide bonds. The van der Waals surface area contributed by atoms with Gasteiger partial charge < -0.3 is 9.47 Å². The van der Waals surface area contributed by atoms with Crippen LogP contribution in [0.25, 0.3) is 0 Å². The number of carbonyl (C=O) groups is 2. The number of nitrogens with one attached hydrogen (secondary N) is 2. The summed E-state index contributed by atoms with van der Waals surface area (Å²) in [6.07, 6.45) is 1.55. The van der Waals surface area contributed by atoms with Gasteiger partial charge in [0.1, 0.15) is 18.9 Å². The van der Waals surface area contributed by atoms with Crippen LogP contribution in [0.2, 0.25) is 0 Å². The summed E-state index contributed by atoms with van der Waals surface area (Å²) in [5.74, 6) is -0.140. The maximum absolute atomic E-state index is 12.2. The summed E-state index contributed by atoms with van der Waals surface area (Å²) < 4.78 is 11.9. The molecule has 0 saturated carbocycles. The van der Waals surface area contributed by atoms with Crippen LogP contribution in [0.4, 0.5) is 15.3 Å². The highest BCUT2D eigenvalue weighted by Crippen LogP contribution is 2.08. The van der Waals surface area contributed by atoms with E-state index in [1.807, 2.05) is 60.7 Å². The molecule has 154 valence electrons. The number of amides is 2. The Balaban J connectivity index is 1.60. The van der Waals surface area contributed by atoms with Crippen molar-refractivity contribution in [2.75, 3.05) is 0 Å². The fourth-order valence-electron chi connectivity index (χ4n) is 2.39. The average molecular weight is 407 g/mol. The number of aliphatic imine (C=N–C) groups is 1. The largest absolute Gasteiger partial charge is 0.444 e. The Morgan fingerprint density at radius 3 is 1.83 bits per heavy atom. The summed E-state index contributed by atoms with van der Waals surface area (Å²) in [6.45, 7) is 0.149. The molecule has 2 aromatic carbocycles. The summed E-state index contributed by atoms with van der Waals surface area (Å²) in [7, 11) is 1.72. The zero-order valence-electron chi connectivity index (χ0n) is 16.3. The van der Waals surface area contributed by atoms with E-state index in [9.17, 15) is 9.59 Å². The Morgan fingerprint density at radius 1 is 0.900 bits per heavy atom. The van der Waals surface area contributed by atoms with Crippen molar-refractivity contribution in [1.82, 2.24) is 20.4 Å². The number of carbonyl (C=O) groups excluding carboxylic acids is 2. The second kappa shape index (κ2) is 10.4. The third kappa shape index (κ3) is 6.79. The van der Waals surface area contributed by atoms with E-state index in [0.717, 1.165) is 11.1 Å². The van der Waals surface area contributed by atoms with Crippen LogP contribution in [-0.4, -0.2) is 27.9 Å². The molecule has 1 heterocycles. The molecule has 0 aliphatic rings. The number of benzene rings is 2. The van der Waals surface area contributed by atoms with E-state index >= 15 is 0 Å². The van der Waals surface area contributed by atoms with E-state index in [-0.39, 0.29) is 19.2 Å². The molecular formula is C21H21N5O4. The number of hydrogen-bond donors (Lipinski definition) is 2. The van der Waals surface area contributed by atoms with Gasteiger partial charge in [-0.25, -0.2) is 14.6 Å². The first-order chi connectivity index (χ1) is 14.6. The lowest BCUT2D eigenvalue weighted by Gasteiger charge is -2.11. The van der Waals surface area contributed by atoms with Gasteiger partial charge in [0.15, 0.2) is 0 Å². The molecule has 0 spiro atoms. The Kier molecular flexibility index (Phi) is 7.15. The third-order valence-corrected chi connectivity index (χ3v) is 3.80. The highest BCUT2D eigenvalue weighted by atomic mass is 16.6. The predicted octanol–water partition coefficient (Wildman–Crippen LogP) is 3.26. The van der Waals surface area contributed by atoms with Crippen LogP contribution in [-0.2, 0) is 29.7 Å². The molecule has 9 heteroatoms. The molecule has 0 aliphatic heterocycles. The van der Waals surface area contributed by atoms with Crippen molar-refractivity contribution in [2.45, 2.75) is 13.2 Å². The van der Waals surface area contributed by atoms with Crippen molar-refractivity contribution in [3.05, 3.63) is 84.2 Å². The van der Waals surface area contributed by atoms with E-state index in [1.165, 1.54) is 10.9 Å². The molecule has 1 aromatic heterocycles. The molecule has 0 fully saturated rings. The molecule has 0 aliphatic carbocycles. The molecule has 3 rings (SSSR count). The van der Waals surface area contributed by atoms with Crippen molar-refractivity contribution in [3.8, 4) is 0 Å². The van der Waals surface area contributed by atoms with E-state index in [2.05, 4.69) is 20.7 Å². The molecule has 0 bridgehead atoms. The van der Waals surface area contributed by atoms with Crippen LogP contribution in [0.5, 0.6) is 0 Å². The fourth-order valence-corrected chi connectivity index (χ4v) is 2.39. The van der Waals surface area contributed by atoms with Gasteiger partial charge in [-0.2, -0.15) is 5.10 Å². The molecule has 0 atom stereocenters. The van der Waals surface area contributed by atoms with Gasteiger partial charge >= 0.3 is 12.2 Å². The Morgan fingerprint density at radius 2 is 1.40 bits per heavy atom. The number of rotatable bonds is 5. The number of aromatic nitrogens is 2. The number of ether oxygens (including phenoxy) is 2. The average Bonchev–Trinajstić information content (AvgIpc) is 3.16. The predicted molar refractivity (Wildman–Crippen MR) is 110 cm³/mol. The highest BCUT2D eigenvalue weighted by Gasteiger charge is 2.13. The minimum absolute atomic E-state index is 0.0747. The SMILES string of the molecule is Cn1cc(N=C(NC(=O)OCc2ccccc2)NC(=O)OCc2ccccc2)cn1. The zero-order chi connectivity index (χ0) is 21.2. The summed E-state index contributed by atoms with van der Waals surface area (Å²) in [6, 6.07) is 18.4. The van der Waals surface area contributed by atoms with E-state index in [1.54, 1.807) is 13.2 Å². The first-order valence-electron chi connectivity index (χ1n) is 9.11. The zero-order valence-corrected chi connectivity index (χ0v) is 16.3. The van der Waals surface area contributed by atoms with Gasteiger partial charge in [-0.05, 0) is 11.1 Å². The summed E-state index contributed by atoms with van der Waals surface area (Å²) >= 11 is 0. The number of guanidine groups is 1. The first-order valence-corrected chi connectivity index (χ1v) is 9.11. The lowest BCUT2D eigenvalue weighted by molar-refractivity contribution is 0.141. The van der Waals surface area contributed by atoms with Crippen LogP contribution < -0.4 is 10.6 Å². The minimum Gasteiger partial charge on any atom is -0.444 e. The monoisotopic (exact) mass is 407 g/mol. The maximum Gasteiger partial charge on any atom is 0.414 e. The molecule has 0 radical (unpaired) electrons. The van der Waals surface area contributed by atoms with Crippen molar-refractivity contribution < 1.29 is 19.1 Å². The number of hydrogen-bond acceptors (Lipinski definition) is 6. The van der Waals surface area contributed by atoms with E-state index in [4.69, 9.17) is 9.47 Å². The maximum atomic E-state index is 12.2. The van der Waals surface area contributed by atoms with Crippen LogP contribution >= 0.6 is 0 Å². The van der Waals surface area contributed by atoms with Gasteiger partial charge in [0.25, 0.3) is 0 Å². The van der Waals surface area contributed by atoms with Crippen molar-refractivity contribution >= 4 is 23.8 Å². The second-order valence-electron chi connectivity index (χ2n) is 6.21. The Labute approximate surface area is 173 Å². The van der Waals surface area contributed by atoms with Crippen molar-refractivity contribution in [1.29, 1.82) is 0 Å². The standard InChI is InChI=1S/C21H21N5O4/c1-26-13-18(12-22-26)23-19(24-20(27)29-14-16-8-4-2-5-9-16)25-21(28)30-15-17-10-6-3-7-11-17/h2-13H,14-15H2,1H3,(H2,23,24,25,27,28). The second-order valence-corrected chi connectivity index (χ2v) is 6.21. The van der Waals surface area contributed by atoms with Crippen molar-refractivity contribution in [2.24, 2.45) is 12.0 Å². The minimum atomic E-state index is -0.773. The lowest BCUT2D eigenvalue weighted by atomic mass is 10.2. The van der Waals surface area contributed by atoms with Gasteiger partial charge in [0, 0.05) is 7.05 Å². The van der Waals surface area contributed by atoms with E-state index < -0.39 is 12.2 Å². The molecular weight excluding hydrogens is 386 g/mol. The quantitative estimate of drug-likeness (QED) is 0.499. The molecule has 3 aromatic rings. The molecule has 0 saturated heterocycles. The molecule has 9 nitrogen and oxygen atoms in total. The summed E-state index contributed by atoms with van der Waals surface area (Å²) in [5.41, 5.74) is 2.08. The van der Waals surface area contributed by atoms with Gasteiger partial charge in [-0.3, -0.25) is 15.3 Å².